The van der Waals surface area contributed by atoms with E-state index in [0.717, 1.165) is 25.2 Å². The molecule has 2 aliphatic rings. The largest absolute Gasteiger partial charge is 0.375 e. The van der Waals surface area contributed by atoms with Gasteiger partial charge in [-0.05, 0) is 25.9 Å². The molecule has 0 aromatic carbocycles. The number of anilines is 1. The predicted octanol–water partition coefficient (Wildman–Crippen LogP) is 1.53. The van der Waals surface area contributed by atoms with Gasteiger partial charge in [-0.3, -0.25) is 9.48 Å². The third kappa shape index (κ3) is 3.99. The van der Waals surface area contributed by atoms with Gasteiger partial charge in [0.05, 0.1) is 31.1 Å². The van der Waals surface area contributed by atoms with Crippen LogP contribution in [0.2, 0.25) is 0 Å². The minimum Gasteiger partial charge on any atom is -0.375 e. The summed E-state index contributed by atoms with van der Waals surface area (Å²) in [6.45, 7) is 4.11. The lowest BCUT2D eigenvalue weighted by Gasteiger charge is -2.43. The van der Waals surface area contributed by atoms with Crippen LogP contribution in [0.1, 0.15) is 40.5 Å². The zero-order valence-corrected chi connectivity index (χ0v) is 16.4. The fraction of sp³-hybridized carbons (Fsp3) is 0.611. The van der Waals surface area contributed by atoms with E-state index in [0.29, 0.717) is 23.2 Å². The van der Waals surface area contributed by atoms with E-state index in [2.05, 4.69) is 15.0 Å². The Bertz CT molecular complexity index is 784. The van der Waals surface area contributed by atoms with E-state index >= 15 is 0 Å². The molecule has 27 heavy (non-hydrogen) atoms. The summed E-state index contributed by atoms with van der Waals surface area (Å²) in [6.07, 6.45) is 9.06. The molecule has 2 atom stereocenters. The Hall–Kier alpha value is -1.97. The van der Waals surface area contributed by atoms with Crippen molar-refractivity contribution in [3.63, 3.8) is 0 Å². The average Bonchev–Trinajstić information content (AvgIpc) is 3.30. The van der Waals surface area contributed by atoms with Crippen molar-refractivity contribution >= 4 is 22.4 Å². The molecule has 2 aliphatic heterocycles. The van der Waals surface area contributed by atoms with Crippen LogP contribution in [-0.4, -0.2) is 69.4 Å². The topological polar surface area (TPSA) is 89.5 Å². The second-order valence-electron chi connectivity index (χ2n) is 7.22. The Balaban J connectivity index is 1.61. The maximum Gasteiger partial charge on any atom is 0.266 e. The van der Waals surface area contributed by atoms with Crippen molar-refractivity contribution in [2.45, 2.75) is 31.4 Å². The number of aryl methyl sites for hydroxylation is 1. The van der Waals surface area contributed by atoms with Gasteiger partial charge < -0.3 is 20.3 Å². The molecule has 1 amide bonds. The van der Waals surface area contributed by atoms with Crippen LogP contribution in [-0.2, 0) is 11.8 Å². The predicted molar refractivity (Wildman–Crippen MR) is 104 cm³/mol. The molecule has 2 N–H and O–H groups in total. The third-order valence-electron chi connectivity index (χ3n) is 5.30. The first kappa shape index (κ1) is 18.4. The molecule has 0 bridgehead atoms. The van der Waals surface area contributed by atoms with Gasteiger partial charge in [0.25, 0.3) is 5.91 Å². The first-order chi connectivity index (χ1) is 13.1. The highest BCUT2D eigenvalue weighted by molar-refractivity contribution is 7.17. The summed E-state index contributed by atoms with van der Waals surface area (Å²) >= 11 is 1.23. The van der Waals surface area contributed by atoms with Crippen molar-refractivity contribution in [3.05, 3.63) is 29.0 Å². The summed E-state index contributed by atoms with van der Waals surface area (Å²) < 4.78 is 7.94. The molecule has 4 rings (SSSR count). The zero-order valence-electron chi connectivity index (χ0n) is 15.6. The molecule has 8 nitrogen and oxygen atoms in total. The van der Waals surface area contributed by atoms with Crippen LogP contribution < -0.4 is 5.73 Å². The SMILES string of the molecule is Cn1cc([C@H]2[C@H](CN3CCCCC3)OCCN2C(=O)c2cnc(N)s2)cn1. The number of piperidine rings is 1. The molecule has 2 aromatic heterocycles. The molecule has 0 aliphatic carbocycles. The fourth-order valence-corrected chi connectivity index (χ4v) is 4.67. The molecule has 0 radical (unpaired) electrons. The Kier molecular flexibility index (Phi) is 5.42. The Morgan fingerprint density at radius 3 is 2.78 bits per heavy atom. The van der Waals surface area contributed by atoms with Crippen LogP contribution in [0.4, 0.5) is 5.13 Å². The summed E-state index contributed by atoms with van der Waals surface area (Å²) in [5, 5.41) is 4.73. The van der Waals surface area contributed by atoms with Crippen LogP contribution in [0, 0.1) is 0 Å². The van der Waals surface area contributed by atoms with E-state index in [1.165, 1.54) is 30.6 Å². The number of ether oxygens (including phenoxy) is 1. The zero-order chi connectivity index (χ0) is 18.8. The quantitative estimate of drug-likeness (QED) is 0.852. The van der Waals surface area contributed by atoms with Gasteiger partial charge in [-0.15, -0.1) is 0 Å². The van der Waals surface area contributed by atoms with Crippen LogP contribution >= 0.6 is 11.3 Å². The molecule has 146 valence electrons. The lowest BCUT2D eigenvalue weighted by atomic mass is 9.99. The van der Waals surface area contributed by atoms with Gasteiger partial charge in [-0.1, -0.05) is 17.8 Å². The van der Waals surface area contributed by atoms with E-state index in [1.807, 2.05) is 24.3 Å². The van der Waals surface area contributed by atoms with Gasteiger partial charge in [-0.25, -0.2) is 4.98 Å². The van der Waals surface area contributed by atoms with E-state index < -0.39 is 0 Å². The van der Waals surface area contributed by atoms with E-state index in [1.54, 1.807) is 10.9 Å². The van der Waals surface area contributed by atoms with Crippen LogP contribution in [0.5, 0.6) is 0 Å². The van der Waals surface area contributed by atoms with Gasteiger partial charge in [-0.2, -0.15) is 5.10 Å². The normalized spacial score (nSPS) is 24.3. The Labute approximate surface area is 162 Å². The molecule has 4 heterocycles. The number of nitrogens with zero attached hydrogens (tertiary/aromatic N) is 5. The van der Waals surface area contributed by atoms with Gasteiger partial charge in [0, 0.05) is 31.9 Å². The van der Waals surface area contributed by atoms with E-state index in [-0.39, 0.29) is 18.1 Å². The van der Waals surface area contributed by atoms with Crippen LogP contribution in [0.25, 0.3) is 0 Å². The summed E-state index contributed by atoms with van der Waals surface area (Å²) in [4.78, 5) is 22.2. The number of morpholine rings is 1. The van der Waals surface area contributed by atoms with Crippen LogP contribution in [0.3, 0.4) is 0 Å². The Morgan fingerprint density at radius 2 is 2.11 bits per heavy atom. The van der Waals surface area contributed by atoms with Crippen molar-refractivity contribution in [1.29, 1.82) is 0 Å². The first-order valence-corrected chi connectivity index (χ1v) is 10.3. The fourth-order valence-electron chi connectivity index (χ4n) is 4.03. The number of nitrogens with two attached hydrogens (primary N) is 1. The number of nitrogen functional groups attached to an aromatic ring is 1. The second-order valence-corrected chi connectivity index (χ2v) is 8.29. The van der Waals surface area contributed by atoms with E-state index in [9.17, 15) is 4.79 Å². The molecule has 2 fully saturated rings. The number of thiazole rings is 1. The first-order valence-electron chi connectivity index (χ1n) is 9.46. The van der Waals surface area contributed by atoms with Crippen molar-refractivity contribution in [2.24, 2.45) is 7.05 Å². The third-order valence-corrected chi connectivity index (χ3v) is 6.11. The smallest absolute Gasteiger partial charge is 0.266 e. The summed E-state index contributed by atoms with van der Waals surface area (Å²) in [5.41, 5.74) is 6.74. The maximum absolute atomic E-state index is 13.2. The number of hydrogen-bond donors (Lipinski definition) is 1. The number of aromatic nitrogens is 3. The number of rotatable bonds is 4. The number of likely N-dealkylation sites (tertiary alicyclic amines) is 1. The molecule has 0 spiro atoms. The van der Waals surface area contributed by atoms with E-state index in [4.69, 9.17) is 10.5 Å². The van der Waals surface area contributed by atoms with Gasteiger partial charge >= 0.3 is 0 Å². The lowest BCUT2D eigenvalue weighted by Crippen LogP contribution is -2.52. The molecule has 2 saturated heterocycles. The maximum atomic E-state index is 13.2. The van der Waals surface area contributed by atoms with Gasteiger partial charge in [0.2, 0.25) is 0 Å². The van der Waals surface area contributed by atoms with Crippen molar-refractivity contribution in [1.82, 2.24) is 24.6 Å². The highest BCUT2D eigenvalue weighted by Crippen LogP contribution is 2.32. The number of carbonyl (C=O) groups excluding carboxylic acids is 1. The molecule has 9 heteroatoms. The summed E-state index contributed by atoms with van der Waals surface area (Å²) in [5.74, 6) is -0.0370. The van der Waals surface area contributed by atoms with Crippen LogP contribution in [0.15, 0.2) is 18.6 Å². The molecule has 0 unspecified atom stereocenters. The minimum atomic E-state index is -0.162. The standard InChI is InChI=1S/C18H26N6O2S/c1-22-11-13(9-21-22)16-14(12-23-5-3-2-4-6-23)26-8-7-24(16)17(25)15-10-20-18(19)27-15/h9-11,14,16H,2-8,12H2,1H3,(H2,19,20)/t14-,16-/m0/s1. The van der Waals surface area contributed by atoms with Crippen molar-refractivity contribution in [3.8, 4) is 0 Å². The minimum absolute atomic E-state index is 0.0370. The monoisotopic (exact) mass is 390 g/mol. The number of amides is 1. The average molecular weight is 391 g/mol. The molecular weight excluding hydrogens is 364 g/mol. The highest BCUT2D eigenvalue weighted by atomic mass is 32.1. The van der Waals surface area contributed by atoms with Gasteiger partial charge in [0.1, 0.15) is 4.88 Å². The summed E-state index contributed by atoms with van der Waals surface area (Å²) in [6, 6.07) is -0.162. The molecular formula is C18H26N6O2S. The summed E-state index contributed by atoms with van der Waals surface area (Å²) in [7, 11) is 1.89. The highest BCUT2D eigenvalue weighted by Gasteiger charge is 2.39. The Morgan fingerprint density at radius 1 is 1.30 bits per heavy atom. The van der Waals surface area contributed by atoms with Gasteiger partial charge in [0.15, 0.2) is 5.13 Å². The molecule has 0 saturated carbocycles. The number of hydrogen-bond acceptors (Lipinski definition) is 7. The number of carbonyl (C=O) groups is 1. The lowest BCUT2D eigenvalue weighted by molar-refractivity contribution is -0.0740. The van der Waals surface area contributed by atoms with Crippen molar-refractivity contribution < 1.29 is 9.53 Å². The van der Waals surface area contributed by atoms with Crippen molar-refractivity contribution in [2.75, 3.05) is 38.5 Å². The molecule has 2 aromatic rings. The second kappa shape index (κ2) is 7.95.